The van der Waals surface area contributed by atoms with Crippen LogP contribution in [0.25, 0.3) is 10.2 Å². The van der Waals surface area contributed by atoms with Crippen molar-refractivity contribution in [1.82, 2.24) is 9.97 Å². The maximum absolute atomic E-state index is 5.49. The van der Waals surface area contributed by atoms with Gasteiger partial charge in [-0.15, -0.1) is 11.3 Å². The first-order valence-electron chi connectivity index (χ1n) is 5.97. The fourth-order valence-corrected chi connectivity index (χ4v) is 3.26. The van der Waals surface area contributed by atoms with Gasteiger partial charge in [0, 0.05) is 11.4 Å². The average molecular weight is 249 g/mol. The van der Waals surface area contributed by atoms with Crippen molar-refractivity contribution < 1.29 is 4.74 Å². The Morgan fingerprint density at radius 2 is 2.41 bits per heavy atom. The van der Waals surface area contributed by atoms with Crippen LogP contribution in [-0.2, 0) is 17.8 Å². The van der Waals surface area contributed by atoms with Gasteiger partial charge in [0.05, 0.1) is 18.6 Å². The highest BCUT2D eigenvalue weighted by Crippen LogP contribution is 2.36. The Bertz CT molecular complexity index is 538. The number of nitrogens with one attached hydrogen (secondary N) is 1. The largest absolute Gasteiger partial charge is 0.376 e. The van der Waals surface area contributed by atoms with Crippen LogP contribution in [-0.4, -0.2) is 23.1 Å². The molecular weight excluding hydrogens is 234 g/mol. The maximum atomic E-state index is 5.49. The second kappa shape index (κ2) is 4.58. The van der Waals surface area contributed by atoms with E-state index in [2.05, 4.69) is 22.2 Å². The van der Waals surface area contributed by atoms with Gasteiger partial charge in [0.25, 0.3) is 0 Å². The fourth-order valence-electron chi connectivity index (χ4n) is 2.13. The van der Waals surface area contributed by atoms with E-state index in [9.17, 15) is 0 Å². The van der Waals surface area contributed by atoms with Gasteiger partial charge in [-0.2, -0.15) is 0 Å². The Hall–Kier alpha value is -1.20. The molecule has 0 saturated heterocycles. The Morgan fingerprint density at radius 3 is 3.29 bits per heavy atom. The molecule has 17 heavy (non-hydrogen) atoms. The van der Waals surface area contributed by atoms with Crippen LogP contribution in [0.5, 0.6) is 0 Å². The van der Waals surface area contributed by atoms with Crippen molar-refractivity contribution in [3.8, 4) is 0 Å². The molecule has 0 spiro atoms. The van der Waals surface area contributed by atoms with Crippen molar-refractivity contribution in [3.05, 3.63) is 16.8 Å². The summed E-state index contributed by atoms with van der Waals surface area (Å²) >= 11 is 1.73. The van der Waals surface area contributed by atoms with Crippen LogP contribution < -0.4 is 5.32 Å². The third-order valence-electron chi connectivity index (χ3n) is 2.94. The molecule has 90 valence electrons. The highest BCUT2D eigenvalue weighted by Gasteiger charge is 2.19. The number of fused-ring (bicyclic) bond motifs is 3. The summed E-state index contributed by atoms with van der Waals surface area (Å²) in [6.07, 6.45) is 3.72. The second-order valence-corrected chi connectivity index (χ2v) is 5.22. The summed E-state index contributed by atoms with van der Waals surface area (Å²) in [5.41, 5.74) is 1.38. The molecule has 3 heterocycles. The first kappa shape index (κ1) is 10.9. The minimum absolute atomic E-state index is 0.726. The molecule has 0 aliphatic carbocycles. The van der Waals surface area contributed by atoms with E-state index >= 15 is 0 Å². The van der Waals surface area contributed by atoms with Crippen LogP contribution in [0.4, 0.5) is 5.82 Å². The predicted octanol–water partition coefficient (Wildman–Crippen LogP) is 2.59. The Labute approximate surface area is 104 Å². The normalized spacial score (nSPS) is 14.9. The molecule has 0 amide bonds. The van der Waals surface area contributed by atoms with E-state index < -0.39 is 0 Å². The SMILES string of the molecule is CCCNc1ncnc2sc3c(c12)CCOC3. The predicted molar refractivity (Wildman–Crippen MR) is 69.6 cm³/mol. The van der Waals surface area contributed by atoms with Crippen LogP contribution in [0, 0.1) is 0 Å². The molecular formula is C12H15N3OS. The summed E-state index contributed by atoms with van der Waals surface area (Å²) in [5.74, 6) is 0.983. The fraction of sp³-hybridized carbons (Fsp3) is 0.500. The van der Waals surface area contributed by atoms with Gasteiger partial charge in [0.1, 0.15) is 17.0 Å². The third kappa shape index (κ3) is 1.89. The zero-order valence-corrected chi connectivity index (χ0v) is 10.6. The van der Waals surface area contributed by atoms with E-state index in [1.807, 2.05) is 0 Å². The van der Waals surface area contributed by atoms with E-state index in [1.165, 1.54) is 15.8 Å². The minimum atomic E-state index is 0.726. The van der Waals surface area contributed by atoms with Gasteiger partial charge < -0.3 is 10.1 Å². The lowest BCUT2D eigenvalue weighted by molar-refractivity contribution is 0.114. The number of anilines is 1. The van der Waals surface area contributed by atoms with Gasteiger partial charge in [-0.25, -0.2) is 9.97 Å². The number of thiophene rings is 1. The second-order valence-electron chi connectivity index (χ2n) is 4.14. The van der Waals surface area contributed by atoms with Crippen molar-refractivity contribution in [2.75, 3.05) is 18.5 Å². The first-order chi connectivity index (χ1) is 8.40. The maximum Gasteiger partial charge on any atom is 0.138 e. The molecule has 0 unspecified atom stereocenters. The van der Waals surface area contributed by atoms with Crippen molar-refractivity contribution >= 4 is 27.4 Å². The molecule has 1 aliphatic heterocycles. The number of nitrogens with zero attached hydrogens (tertiary/aromatic N) is 2. The number of ether oxygens (including phenoxy) is 1. The quantitative estimate of drug-likeness (QED) is 0.908. The summed E-state index contributed by atoms with van der Waals surface area (Å²) in [4.78, 5) is 11.1. The van der Waals surface area contributed by atoms with E-state index in [4.69, 9.17) is 4.74 Å². The third-order valence-corrected chi connectivity index (χ3v) is 4.06. The van der Waals surface area contributed by atoms with Crippen LogP contribution in [0.3, 0.4) is 0 Å². The number of rotatable bonds is 3. The summed E-state index contributed by atoms with van der Waals surface area (Å²) in [7, 11) is 0. The molecule has 0 bridgehead atoms. The molecule has 4 nitrogen and oxygen atoms in total. The molecule has 0 fully saturated rings. The first-order valence-corrected chi connectivity index (χ1v) is 6.78. The minimum Gasteiger partial charge on any atom is -0.376 e. The zero-order chi connectivity index (χ0) is 11.7. The van der Waals surface area contributed by atoms with Crippen molar-refractivity contribution in [1.29, 1.82) is 0 Å². The van der Waals surface area contributed by atoms with Gasteiger partial charge in [-0.1, -0.05) is 6.92 Å². The standard InChI is InChI=1S/C12H15N3OS/c1-2-4-13-11-10-8-3-5-16-6-9(8)17-12(10)15-7-14-11/h7H,2-6H2,1H3,(H,13,14,15). The smallest absolute Gasteiger partial charge is 0.138 e. The molecule has 1 N–H and O–H groups in total. The summed E-state index contributed by atoms with van der Waals surface area (Å²) < 4.78 is 5.49. The van der Waals surface area contributed by atoms with Crippen molar-refractivity contribution in [2.45, 2.75) is 26.4 Å². The summed E-state index contributed by atoms with van der Waals surface area (Å²) in [6, 6.07) is 0. The zero-order valence-electron chi connectivity index (χ0n) is 9.82. The van der Waals surface area contributed by atoms with E-state index in [1.54, 1.807) is 17.7 Å². The molecule has 2 aromatic heterocycles. The molecule has 0 aromatic carbocycles. The van der Waals surface area contributed by atoms with Gasteiger partial charge in [0.2, 0.25) is 0 Å². The van der Waals surface area contributed by atoms with Gasteiger partial charge in [-0.05, 0) is 18.4 Å². The van der Waals surface area contributed by atoms with Crippen LogP contribution in [0.15, 0.2) is 6.33 Å². The van der Waals surface area contributed by atoms with Crippen LogP contribution >= 0.6 is 11.3 Å². The van der Waals surface area contributed by atoms with E-state index in [0.29, 0.717) is 0 Å². The van der Waals surface area contributed by atoms with Crippen LogP contribution in [0.2, 0.25) is 0 Å². The molecule has 5 heteroatoms. The Morgan fingerprint density at radius 1 is 1.47 bits per heavy atom. The van der Waals surface area contributed by atoms with Crippen molar-refractivity contribution in [3.63, 3.8) is 0 Å². The lowest BCUT2D eigenvalue weighted by Crippen LogP contribution is -2.08. The molecule has 0 atom stereocenters. The summed E-state index contributed by atoms with van der Waals surface area (Å²) in [6.45, 7) is 4.64. The number of hydrogen-bond donors (Lipinski definition) is 1. The molecule has 3 rings (SSSR count). The number of aromatic nitrogens is 2. The molecule has 2 aromatic rings. The van der Waals surface area contributed by atoms with Gasteiger partial charge in [-0.3, -0.25) is 0 Å². The Balaban J connectivity index is 2.12. The monoisotopic (exact) mass is 249 g/mol. The average Bonchev–Trinajstić information content (AvgIpc) is 2.75. The highest BCUT2D eigenvalue weighted by atomic mass is 32.1. The topological polar surface area (TPSA) is 47.0 Å². The lowest BCUT2D eigenvalue weighted by atomic mass is 10.1. The van der Waals surface area contributed by atoms with Gasteiger partial charge >= 0.3 is 0 Å². The Kier molecular flexibility index (Phi) is 2.94. The molecule has 1 aliphatic rings. The van der Waals surface area contributed by atoms with Crippen molar-refractivity contribution in [2.24, 2.45) is 0 Å². The van der Waals surface area contributed by atoms with E-state index in [0.717, 1.165) is 43.2 Å². The van der Waals surface area contributed by atoms with Gasteiger partial charge in [0.15, 0.2) is 0 Å². The molecule has 0 saturated carbocycles. The van der Waals surface area contributed by atoms with E-state index in [-0.39, 0.29) is 0 Å². The molecule has 0 radical (unpaired) electrons. The summed E-state index contributed by atoms with van der Waals surface area (Å²) in [5, 5.41) is 4.60. The number of hydrogen-bond acceptors (Lipinski definition) is 5. The lowest BCUT2D eigenvalue weighted by Gasteiger charge is -2.13. The highest BCUT2D eigenvalue weighted by molar-refractivity contribution is 7.18. The van der Waals surface area contributed by atoms with Crippen LogP contribution in [0.1, 0.15) is 23.8 Å².